The zero-order chi connectivity index (χ0) is 21.7. The molecule has 1 aliphatic heterocycles. The molecule has 0 aliphatic carbocycles. The molecule has 0 radical (unpaired) electrons. The average Bonchev–Trinajstić information content (AvgIpc) is 3.26. The van der Waals surface area contributed by atoms with Crippen molar-refractivity contribution < 1.29 is 35.9 Å². The Morgan fingerprint density at radius 2 is 1.97 bits per heavy atom. The van der Waals surface area contributed by atoms with Crippen molar-refractivity contribution in [2.24, 2.45) is 0 Å². The van der Waals surface area contributed by atoms with Gasteiger partial charge in [0.2, 0.25) is 11.8 Å². The second-order valence-electron chi connectivity index (χ2n) is 6.59. The molecule has 0 fully saturated rings. The number of hydrogen-bond donors (Lipinski definition) is 1. The molecule has 1 N–H and O–H groups in total. The number of imidazole rings is 1. The number of anilines is 1. The molecule has 30 heavy (non-hydrogen) atoms. The van der Waals surface area contributed by atoms with E-state index >= 15 is 0 Å². The van der Waals surface area contributed by atoms with Crippen molar-refractivity contribution in [3.63, 3.8) is 0 Å². The highest BCUT2D eigenvalue weighted by Crippen LogP contribution is 2.38. The van der Waals surface area contributed by atoms with E-state index in [-0.39, 0.29) is 35.8 Å². The molecule has 0 unspecified atom stereocenters. The van der Waals surface area contributed by atoms with Gasteiger partial charge in [0.1, 0.15) is 6.54 Å². The summed E-state index contributed by atoms with van der Waals surface area (Å²) in [5.74, 6) is -1.05. The molecule has 4 rings (SSSR count). The molecule has 7 nitrogen and oxygen atoms in total. The van der Waals surface area contributed by atoms with E-state index < -0.39 is 36.1 Å². The number of rotatable bonds is 3. The van der Waals surface area contributed by atoms with Crippen LogP contribution in [0.5, 0.6) is 5.88 Å². The van der Waals surface area contributed by atoms with Crippen molar-refractivity contribution in [1.82, 2.24) is 19.2 Å². The maximum absolute atomic E-state index is 13.2. The van der Waals surface area contributed by atoms with Crippen LogP contribution in [-0.2, 0) is 30.1 Å². The van der Waals surface area contributed by atoms with E-state index in [4.69, 9.17) is 4.74 Å². The lowest BCUT2D eigenvalue weighted by Crippen LogP contribution is -2.22. The number of ether oxygens (including phenoxy) is 1. The molecule has 4 heterocycles. The van der Waals surface area contributed by atoms with Gasteiger partial charge in [0, 0.05) is 24.2 Å². The summed E-state index contributed by atoms with van der Waals surface area (Å²) in [7, 11) is 0. The number of alkyl halides is 6. The number of hydrogen-bond acceptors (Lipinski definition) is 4. The van der Waals surface area contributed by atoms with Crippen molar-refractivity contribution in [1.29, 1.82) is 0 Å². The summed E-state index contributed by atoms with van der Waals surface area (Å²) >= 11 is 0. The van der Waals surface area contributed by atoms with E-state index in [0.717, 1.165) is 15.3 Å². The van der Waals surface area contributed by atoms with Gasteiger partial charge >= 0.3 is 12.4 Å². The van der Waals surface area contributed by atoms with Crippen LogP contribution in [0.25, 0.3) is 5.65 Å². The number of halogens is 6. The van der Waals surface area contributed by atoms with Gasteiger partial charge < -0.3 is 14.5 Å². The van der Waals surface area contributed by atoms with Gasteiger partial charge in [-0.15, -0.1) is 0 Å². The number of aromatic nitrogens is 4. The largest absolute Gasteiger partial charge is 0.478 e. The molecule has 3 aromatic rings. The van der Waals surface area contributed by atoms with Gasteiger partial charge in [-0.05, 0) is 18.9 Å². The van der Waals surface area contributed by atoms with Crippen molar-refractivity contribution in [2.75, 3.05) is 11.9 Å². The summed E-state index contributed by atoms with van der Waals surface area (Å²) in [6.07, 6.45) is -5.61. The summed E-state index contributed by atoms with van der Waals surface area (Å²) < 4.78 is 86.1. The lowest BCUT2D eigenvalue weighted by atomic mass is 10.1. The summed E-state index contributed by atoms with van der Waals surface area (Å²) in [5.41, 5.74) is -2.50. The van der Waals surface area contributed by atoms with Crippen LogP contribution in [0.1, 0.15) is 23.2 Å². The van der Waals surface area contributed by atoms with Crippen molar-refractivity contribution in [3.8, 4) is 5.88 Å². The molecule has 0 saturated carbocycles. The highest BCUT2D eigenvalue weighted by molar-refractivity contribution is 5.94. The van der Waals surface area contributed by atoms with Crippen LogP contribution in [0.4, 0.5) is 32.0 Å². The normalized spacial score (nSPS) is 14.5. The van der Waals surface area contributed by atoms with Crippen LogP contribution >= 0.6 is 0 Å². The molecule has 1 amide bonds. The SMILES string of the molecule is O=C(Cn1nc(C(F)(F)F)c2c1OCCC2)Nc1cc(C(F)(F)F)cn2ccnc12. The Morgan fingerprint density at radius 3 is 2.67 bits per heavy atom. The Kier molecular flexibility index (Phi) is 4.62. The summed E-state index contributed by atoms with van der Waals surface area (Å²) in [6.45, 7) is -0.512. The van der Waals surface area contributed by atoms with Crippen LogP contribution in [-0.4, -0.2) is 31.7 Å². The lowest BCUT2D eigenvalue weighted by Gasteiger charge is -2.16. The number of carbonyl (C=O) groups excluding carboxylic acids is 1. The number of nitrogens with zero attached hydrogens (tertiary/aromatic N) is 4. The summed E-state index contributed by atoms with van der Waals surface area (Å²) in [6, 6.07) is 0.705. The third-order valence-electron chi connectivity index (χ3n) is 4.46. The standard InChI is InChI=1S/C17H13F6N5O2/c18-16(19,20)9-6-11(14-24-3-4-27(14)7-9)25-12(29)8-28-15-10(2-1-5-30-15)13(26-28)17(21,22)23/h3-4,6-7H,1-2,5,8H2,(H,25,29). The van der Waals surface area contributed by atoms with E-state index in [1.165, 1.54) is 12.4 Å². The highest BCUT2D eigenvalue weighted by Gasteiger charge is 2.40. The topological polar surface area (TPSA) is 73.5 Å². The molecule has 0 aromatic carbocycles. The first-order valence-corrected chi connectivity index (χ1v) is 8.67. The minimum absolute atomic E-state index is 0.0473. The molecule has 0 atom stereocenters. The lowest BCUT2D eigenvalue weighted by molar-refractivity contribution is -0.142. The van der Waals surface area contributed by atoms with Gasteiger partial charge in [-0.2, -0.15) is 31.4 Å². The number of fused-ring (bicyclic) bond motifs is 2. The summed E-state index contributed by atoms with van der Waals surface area (Å²) in [4.78, 5) is 16.3. The molecule has 1 aliphatic rings. The van der Waals surface area contributed by atoms with Gasteiger partial charge in [-0.3, -0.25) is 4.79 Å². The quantitative estimate of drug-likeness (QED) is 0.642. The van der Waals surface area contributed by atoms with E-state index in [1.807, 2.05) is 0 Å². The van der Waals surface area contributed by atoms with Crippen LogP contribution in [0.2, 0.25) is 0 Å². The van der Waals surface area contributed by atoms with E-state index in [2.05, 4.69) is 15.4 Å². The van der Waals surface area contributed by atoms with Gasteiger partial charge in [0.15, 0.2) is 11.3 Å². The van der Waals surface area contributed by atoms with E-state index in [9.17, 15) is 31.1 Å². The molecule has 0 saturated heterocycles. The zero-order valence-corrected chi connectivity index (χ0v) is 15.0. The number of carbonyl (C=O) groups is 1. The molecule has 160 valence electrons. The Bertz CT molecular complexity index is 1110. The Morgan fingerprint density at radius 1 is 1.20 bits per heavy atom. The summed E-state index contributed by atoms with van der Waals surface area (Å²) in [5, 5.41) is 5.73. The Balaban J connectivity index is 1.64. The second kappa shape index (κ2) is 6.92. The average molecular weight is 433 g/mol. The molecule has 13 heteroatoms. The van der Waals surface area contributed by atoms with Crippen LogP contribution < -0.4 is 10.1 Å². The van der Waals surface area contributed by atoms with Crippen molar-refractivity contribution in [3.05, 3.63) is 41.5 Å². The number of pyridine rings is 1. The second-order valence-corrected chi connectivity index (χ2v) is 6.59. The predicted octanol–water partition coefficient (Wildman–Crippen LogP) is 3.53. The van der Waals surface area contributed by atoms with Crippen LogP contribution in [0, 0.1) is 0 Å². The van der Waals surface area contributed by atoms with Crippen LogP contribution in [0.15, 0.2) is 24.7 Å². The molecule has 0 bridgehead atoms. The minimum atomic E-state index is -4.73. The minimum Gasteiger partial charge on any atom is -0.478 e. The first-order valence-electron chi connectivity index (χ1n) is 8.67. The molecular weight excluding hydrogens is 420 g/mol. The maximum Gasteiger partial charge on any atom is 0.435 e. The first kappa shape index (κ1) is 20.0. The number of nitrogens with one attached hydrogen (secondary N) is 1. The number of amides is 1. The highest BCUT2D eigenvalue weighted by atomic mass is 19.4. The molecule has 3 aromatic heterocycles. The van der Waals surface area contributed by atoms with E-state index in [1.54, 1.807) is 0 Å². The smallest absolute Gasteiger partial charge is 0.435 e. The third-order valence-corrected chi connectivity index (χ3v) is 4.46. The maximum atomic E-state index is 13.2. The van der Waals surface area contributed by atoms with Crippen LogP contribution in [0.3, 0.4) is 0 Å². The monoisotopic (exact) mass is 433 g/mol. The Labute approximate surface area is 164 Å². The predicted molar refractivity (Wildman–Crippen MR) is 89.9 cm³/mol. The fourth-order valence-corrected chi connectivity index (χ4v) is 3.23. The molecule has 0 spiro atoms. The zero-order valence-electron chi connectivity index (χ0n) is 15.0. The van der Waals surface area contributed by atoms with E-state index in [0.29, 0.717) is 12.5 Å². The van der Waals surface area contributed by atoms with Gasteiger partial charge in [-0.25, -0.2) is 9.67 Å². The third kappa shape index (κ3) is 3.66. The fraction of sp³-hybridized carbons (Fsp3) is 0.353. The van der Waals surface area contributed by atoms with Crippen molar-refractivity contribution in [2.45, 2.75) is 31.7 Å². The molecular formula is C17H13F6N5O2. The first-order chi connectivity index (χ1) is 14.0. The Hall–Kier alpha value is -3.25. The van der Waals surface area contributed by atoms with Crippen molar-refractivity contribution >= 4 is 17.2 Å². The van der Waals surface area contributed by atoms with Gasteiger partial charge in [0.25, 0.3) is 0 Å². The van der Waals surface area contributed by atoms with Gasteiger partial charge in [-0.1, -0.05) is 0 Å². The fourth-order valence-electron chi connectivity index (χ4n) is 3.23. The van der Waals surface area contributed by atoms with Gasteiger partial charge in [0.05, 0.1) is 17.9 Å².